The zero-order valence-electron chi connectivity index (χ0n) is 29.8. The highest BCUT2D eigenvalue weighted by Crippen LogP contribution is 2.54. The molecule has 3 aliphatic heterocycles. The van der Waals surface area contributed by atoms with Crippen molar-refractivity contribution in [2.75, 3.05) is 53.0 Å². The summed E-state index contributed by atoms with van der Waals surface area (Å²) in [6.45, 7) is 8.23. The molecule has 4 amide bonds. The molecule has 1 aromatic heterocycles. The standard InChI is InChI=1S/C36H46F3N5O7S/c1-22(50-17-23-7-9-25(10-8-23)51-36(37,38)39)29(33(48)42-11-5-6-24(14-42)16-49-4)41-30(45)27-15-43(32(47)28-13-40-21-52-28)18-35(27)19-44(20-35)31(46)26-12-34(26,2)3/h7-10,13,21-22,24,26-27,29H,5-6,11-12,14-20H2,1-4H3,(H,41,45)/t22-,24+,26-,27+,29+/m1/s1. The van der Waals surface area contributed by atoms with E-state index in [4.69, 9.17) is 9.47 Å². The molecule has 1 aliphatic carbocycles. The molecule has 0 unspecified atom stereocenters. The van der Waals surface area contributed by atoms with Crippen molar-refractivity contribution in [2.45, 2.75) is 65.1 Å². The monoisotopic (exact) mass is 749 g/mol. The van der Waals surface area contributed by atoms with E-state index in [0.29, 0.717) is 43.2 Å². The lowest BCUT2D eigenvalue weighted by molar-refractivity contribution is -0.274. The number of methoxy groups -OCH3 is 1. The lowest BCUT2D eigenvalue weighted by Gasteiger charge is -2.50. The summed E-state index contributed by atoms with van der Waals surface area (Å²) >= 11 is 1.22. The van der Waals surface area contributed by atoms with Gasteiger partial charge in [0.2, 0.25) is 17.7 Å². The van der Waals surface area contributed by atoms with Gasteiger partial charge in [-0.3, -0.25) is 24.2 Å². The van der Waals surface area contributed by atoms with Crippen LogP contribution in [0.5, 0.6) is 5.75 Å². The third-order valence-electron chi connectivity index (χ3n) is 11.0. The van der Waals surface area contributed by atoms with Gasteiger partial charge in [-0.1, -0.05) is 26.0 Å². The second-order valence-electron chi connectivity index (χ2n) is 15.3. The van der Waals surface area contributed by atoms with Gasteiger partial charge in [0.15, 0.2) is 0 Å². The minimum absolute atomic E-state index is 0.0432. The van der Waals surface area contributed by atoms with Crippen LogP contribution in [0.15, 0.2) is 36.0 Å². The Labute approximate surface area is 304 Å². The van der Waals surface area contributed by atoms with Crippen molar-refractivity contribution in [3.63, 3.8) is 0 Å². The number of halogens is 3. The first-order valence-electron chi connectivity index (χ1n) is 17.6. The number of carbonyl (C=O) groups is 4. The highest BCUT2D eigenvalue weighted by molar-refractivity contribution is 7.11. The number of hydrogen-bond donors (Lipinski definition) is 1. The number of piperidine rings is 1. The number of likely N-dealkylation sites (tertiary alicyclic amines) is 3. The van der Waals surface area contributed by atoms with Crippen LogP contribution >= 0.6 is 11.3 Å². The third kappa shape index (κ3) is 8.38. The lowest BCUT2D eigenvalue weighted by Crippen LogP contribution is -2.65. The molecule has 1 N–H and O–H groups in total. The number of benzene rings is 1. The molecule has 3 saturated heterocycles. The summed E-state index contributed by atoms with van der Waals surface area (Å²) in [5.74, 6) is -1.91. The second-order valence-corrected chi connectivity index (χ2v) is 16.2. The molecular weight excluding hydrogens is 703 g/mol. The zero-order chi connectivity index (χ0) is 37.4. The van der Waals surface area contributed by atoms with Crippen LogP contribution in [0.25, 0.3) is 0 Å². The summed E-state index contributed by atoms with van der Waals surface area (Å²) in [6.07, 6.45) is -1.68. The van der Waals surface area contributed by atoms with E-state index in [2.05, 4.69) is 28.9 Å². The van der Waals surface area contributed by atoms with Gasteiger partial charge in [0.1, 0.15) is 16.7 Å². The van der Waals surface area contributed by atoms with Crippen LogP contribution in [0.2, 0.25) is 0 Å². The number of amides is 4. The Balaban J connectivity index is 1.20. The minimum Gasteiger partial charge on any atom is -0.406 e. The summed E-state index contributed by atoms with van der Waals surface area (Å²) in [4.78, 5) is 65.1. The summed E-state index contributed by atoms with van der Waals surface area (Å²) in [5.41, 5.74) is 1.37. The van der Waals surface area contributed by atoms with Crippen molar-refractivity contribution in [1.29, 1.82) is 0 Å². The summed E-state index contributed by atoms with van der Waals surface area (Å²) in [7, 11) is 1.61. The van der Waals surface area contributed by atoms with Gasteiger partial charge in [-0.15, -0.1) is 24.5 Å². The number of ether oxygens (including phenoxy) is 3. The van der Waals surface area contributed by atoms with E-state index in [0.717, 1.165) is 19.3 Å². The molecule has 5 atom stereocenters. The Kier molecular flexibility index (Phi) is 10.9. The molecule has 4 fully saturated rings. The van der Waals surface area contributed by atoms with Gasteiger partial charge in [-0.25, -0.2) is 0 Å². The maximum Gasteiger partial charge on any atom is 0.573 e. The van der Waals surface area contributed by atoms with Gasteiger partial charge in [-0.2, -0.15) is 0 Å². The van der Waals surface area contributed by atoms with Crippen LogP contribution in [-0.4, -0.2) is 115 Å². The average Bonchev–Trinajstić information content (AvgIpc) is 3.44. The van der Waals surface area contributed by atoms with Gasteiger partial charge >= 0.3 is 6.36 Å². The third-order valence-corrected chi connectivity index (χ3v) is 11.7. The van der Waals surface area contributed by atoms with Crippen molar-refractivity contribution in [1.82, 2.24) is 25.0 Å². The van der Waals surface area contributed by atoms with Crippen LogP contribution in [0.3, 0.4) is 0 Å². The number of aromatic nitrogens is 1. The number of hydrogen-bond acceptors (Lipinski definition) is 9. The summed E-state index contributed by atoms with van der Waals surface area (Å²) in [5, 5.41) is 3.00. The van der Waals surface area contributed by atoms with Gasteiger partial charge in [-0.05, 0) is 55.2 Å². The molecule has 4 heterocycles. The van der Waals surface area contributed by atoms with Crippen molar-refractivity contribution >= 4 is 35.0 Å². The number of thiazole rings is 1. The van der Waals surface area contributed by atoms with Gasteiger partial charge in [0, 0.05) is 57.7 Å². The predicted octanol–water partition coefficient (Wildman–Crippen LogP) is 3.96. The van der Waals surface area contributed by atoms with Crippen molar-refractivity contribution in [2.24, 2.45) is 28.6 Å². The summed E-state index contributed by atoms with van der Waals surface area (Å²) < 4.78 is 53.4. The van der Waals surface area contributed by atoms with Gasteiger partial charge < -0.3 is 34.2 Å². The first-order valence-corrected chi connectivity index (χ1v) is 18.5. The Bertz CT molecular complexity index is 1610. The minimum atomic E-state index is -4.82. The van der Waals surface area contributed by atoms with Crippen LogP contribution in [0.1, 0.15) is 55.3 Å². The van der Waals surface area contributed by atoms with Gasteiger partial charge in [0.25, 0.3) is 5.91 Å². The average molecular weight is 750 g/mol. The number of nitrogens with one attached hydrogen (secondary N) is 1. The molecule has 0 radical (unpaired) electrons. The number of nitrogens with zero attached hydrogens (tertiary/aromatic N) is 4. The van der Waals surface area contributed by atoms with E-state index < -0.39 is 35.7 Å². The maximum absolute atomic E-state index is 14.4. The largest absolute Gasteiger partial charge is 0.573 e. The fourth-order valence-electron chi connectivity index (χ4n) is 7.84. The first kappa shape index (κ1) is 38.0. The highest BCUT2D eigenvalue weighted by Gasteiger charge is 2.62. The molecule has 16 heteroatoms. The van der Waals surface area contributed by atoms with Crippen molar-refractivity contribution < 1.29 is 46.6 Å². The van der Waals surface area contributed by atoms with E-state index in [9.17, 15) is 32.3 Å². The molecule has 12 nitrogen and oxygen atoms in total. The zero-order valence-corrected chi connectivity index (χ0v) is 30.6. The van der Waals surface area contributed by atoms with Crippen LogP contribution in [0.4, 0.5) is 13.2 Å². The van der Waals surface area contributed by atoms with Crippen LogP contribution < -0.4 is 10.1 Å². The molecule has 284 valence electrons. The molecule has 2 aromatic rings. The fourth-order valence-corrected chi connectivity index (χ4v) is 8.43. The SMILES string of the molecule is COC[C@H]1CCCN(C(=O)[C@@H](NC(=O)[C@@H]2CN(C(=O)c3cncs3)CC23CN(C(=O)[C@H]2CC2(C)C)C3)[C@@H](C)OCc2ccc(OC(F)(F)F)cc2)C1. The fraction of sp³-hybridized carbons (Fsp3) is 0.639. The van der Waals surface area contributed by atoms with Gasteiger partial charge in [0.05, 0.1) is 36.9 Å². The van der Waals surface area contributed by atoms with E-state index in [-0.39, 0.29) is 60.4 Å². The Hall–Kier alpha value is -3.76. The topological polar surface area (TPSA) is 131 Å². The molecular formula is C36H46F3N5O7S. The van der Waals surface area contributed by atoms with Crippen molar-refractivity contribution in [3.8, 4) is 5.75 Å². The molecule has 52 heavy (non-hydrogen) atoms. The Morgan fingerprint density at radius 1 is 1.04 bits per heavy atom. The molecule has 4 aliphatic rings. The molecule has 1 aromatic carbocycles. The van der Waals surface area contributed by atoms with E-state index >= 15 is 0 Å². The molecule has 0 bridgehead atoms. The highest BCUT2D eigenvalue weighted by atomic mass is 32.1. The Morgan fingerprint density at radius 3 is 2.35 bits per heavy atom. The van der Waals surface area contributed by atoms with E-state index in [1.807, 2.05) is 0 Å². The molecule has 6 rings (SSSR count). The van der Waals surface area contributed by atoms with Crippen LogP contribution in [-0.2, 0) is 30.5 Å². The smallest absolute Gasteiger partial charge is 0.406 e. The van der Waals surface area contributed by atoms with E-state index in [1.54, 1.807) is 34.2 Å². The maximum atomic E-state index is 14.4. The predicted molar refractivity (Wildman–Crippen MR) is 183 cm³/mol. The van der Waals surface area contributed by atoms with Crippen molar-refractivity contribution in [3.05, 3.63) is 46.4 Å². The lowest BCUT2D eigenvalue weighted by atomic mass is 9.70. The van der Waals surface area contributed by atoms with E-state index in [1.165, 1.54) is 41.8 Å². The molecule has 1 spiro atoms. The normalized spacial score (nSPS) is 24.6. The second kappa shape index (κ2) is 14.9. The number of alkyl halides is 3. The quantitative estimate of drug-likeness (QED) is 0.346. The summed E-state index contributed by atoms with van der Waals surface area (Å²) in [6, 6.07) is 4.13. The number of carbonyl (C=O) groups excluding carboxylic acids is 4. The number of rotatable bonds is 12. The molecule has 1 saturated carbocycles. The van der Waals surface area contributed by atoms with Crippen LogP contribution in [0, 0.1) is 28.6 Å². The first-order chi connectivity index (χ1) is 24.6. The Morgan fingerprint density at radius 2 is 1.73 bits per heavy atom.